The Morgan fingerprint density at radius 1 is 1.24 bits per heavy atom. The maximum atomic E-state index is 11.8. The Bertz CT molecular complexity index is 498. The summed E-state index contributed by atoms with van der Waals surface area (Å²) in [6, 6.07) is 6.61. The fraction of sp³-hybridized carbons (Fsp3) is 0.500. The number of aromatic carboxylic acids is 1. The zero-order valence-corrected chi connectivity index (χ0v) is 12.9. The summed E-state index contributed by atoms with van der Waals surface area (Å²) in [7, 11) is 0. The minimum Gasteiger partial charge on any atom is -0.478 e. The number of carbonyl (C=O) groups excluding carboxylic acids is 1. The number of amides is 2. The van der Waals surface area contributed by atoms with Crippen LogP contribution in [0.25, 0.3) is 0 Å². The van der Waals surface area contributed by atoms with Gasteiger partial charge in [-0.05, 0) is 38.3 Å². The van der Waals surface area contributed by atoms with Crippen molar-refractivity contribution in [1.29, 1.82) is 0 Å². The van der Waals surface area contributed by atoms with Crippen molar-refractivity contribution >= 4 is 12.0 Å². The zero-order chi connectivity index (χ0) is 15.9. The highest BCUT2D eigenvalue weighted by atomic mass is 16.4. The number of carboxylic acid groups (broad SMARTS) is 1. The number of hydrogen-bond donors (Lipinski definition) is 3. The molecular formula is C16H24N2O3. The predicted octanol–water partition coefficient (Wildman–Crippen LogP) is 2.81. The topological polar surface area (TPSA) is 78.4 Å². The lowest BCUT2D eigenvalue weighted by Gasteiger charge is -2.25. The Hall–Kier alpha value is -2.04. The van der Waals surface area contributed by atoms with Gasteiger partial charge in [0.1, 0.15) is 0 Å². The van der Waals surface area contributed by atoms with Gasteiger partial charge in [0.05, 0.1) is 5.56 Å². The molecule has 0 aliphatic heterocycles. The van der Waals surface area contributed by atoms with E-state index in [0.717, 1.165) is 18.4 Å². The second-order valence-electron chi connectivity index (χ2n) is 5.73. The fourth-order valence-electron chi connectivity index (χ4n) is 2.30. The third-order valence-electron chi connectivity index (χ3n) is 3.25. The first-order valence-electron chi connectivity index (χ1n) is 7.23. The summed E-state index contributed by atoms with van der Waals surface area (Å²) < 4.78 is 0. The Kier molecular flexibility index (Phi) is 6.21. The van der Waals surface area contributed by atoms with Crippen molar-refractivity contribution in [2.45, 2.75) is 45.6 Å². The SMILES string of the molecule is CCCC(C)(C)NC(=O)NCCc1ccccc1C(=O)O. The molecule has 0 saturated heterocycles. The number of nitrogens with one attached hydrogen (secondary N) is 2. The largest absolute Gasteiger partial charge is 0.478 e. The highest BCUT2D eigenvalue weighted by molar-refractivity contribution is 5.89. The van der Waals surface area contributed by atoms with Crippen LogP contribution < -0.4 is 10.6 Å². The predicted molar refractivity (Wildman–Crippen MR) is 82.6 cm³/mol. The summed E-state index contributed by atoms with van der Waals surface area (Å²) in [4.78, 5) is 22.9. The quantitative estimate of drug-likeness (QED) is 0.723. The number of carbonyl (C=O) groups is 2. The van der Waals surface area contributed by atoms with Gasteiger partial charge >= 0.3 is 12.0 Å². The normalized spacial score (nSPS) is 11.0. The molecule has 21 heavy (non-hydrogen) atoms. The van der Waals surface area contributed by atoms with Crippen LogP contribution in [0.4, 0.5) is 4.79 Å². The van der Waals surface area contributed by atoms with Crippen molar-refractivity contribution in [3.63, 3.8) is 0 Å². The van der Waals surface area contributed by atoms with Crippen LogP contribution in [0, 0.1) is 0 Å². The molecule has 1 rings (SSSR count). The molecular weight excluding hydrogens is 268 g/mol. The van der Waals surface area contributed by atoms with Gasteiger partial charge in [0.2, 0.25) is 0 Å². The van der Waals surface area contributed by atoms with E-state index in [1.165, 1.54) is 0 Å². The van der Waals surface area contributed by atoms with E-state index < -0.39 is 5.97 Å². The van der Waals surface area contributed by atoms with Gasteiger partial charge in [0, 0.05) is 12.1 Å². The van der Waals surface area contributed by atoms with E-state index >= 15 is 0 Å². The monoisotopic (exact) mass is 292 g/mol. The second kappa shape index (κ2) is 7.67. The summed E-state index contributed by atoms with van der Waals surface area (Å²) in [5, 5.41) is 14.8. The minimum absolute atomic E-state index is 0.221. The molecule has 0 spiro atoms. The number of hydrogen-bond acceptors (Lipinski definition) is 2. The van der Waals surface area contributed by atoms with E-state index in [9.17, 15) is 9.59 Å². The Labute approximate surface area is 125 Å². The molecule has 0 atom stereocenters. The lowest BCUT2D eigenvalue weighted by Crippen LogP contribution is -2.48. The first-order chi connectivity index (χ1) is 9.85. The molecule has 0 aromatic heterocycles. The first kappa shape index (κ1) is 17.0. The standard InChI is InChI=1S/C16H24N2O3/c1-4-10-16(2,3)18-15(21)17-11-9-12-7-5-6-8-13(12)14(19)20/h5-8H,4,9-11H2,1-3H3,(H,19,20)(H2,17,18,21). The van der Waals surface area contributed by atoms with Crippen LogP contribution in [0.3, 0.4) is 0 Å². The zero-order valence-electron chi connectivity index (χ0n) is 12.9. The third kappa shape index (κ3) is 5.85. The second-order valence-corrected chi connectivity index (χ2v) is 5.73. The van der Waals surface area contributed by atoms with E-state index in [0.29, 0.717) is 13.0 Å². The van der Waals surface area contributed by atoms with Crippen molar-refractivity contribution in [1.82, 2.24) is 10.6 Å². The fourth-order valence-corrected chi connectivity index (χ4v) is 2.30. The number of carboxylic acids is 1. The van der Waals surface area contributed by atoms with E-state index in [-0.39, 0.29) is 17.1 Å². The molecule has 1 aromatic carbocycles. The van der Waals surface area contributed by atoms with Gasteiger partial charge in [-0.15, -0.1) is 0 Å². The maximum Gasteiger partial charge on any atom is 0.335 e. The summed E-state index contributed by atoms with van der Waals surface area (Å²) in [5.41, 5.74) is 0.766. The molecule has 5 heteroatoms. The van der Waals surface area contributed by atoms with E-state index in [4.69, 9.17) is 5.11 Å². The molecule has 1 aromatic rings. The first-order valence-corrected chi connectivity index (χ1v) is 7.23. The van der Waals surface area contributed by atoms with Crippen LogP contribution in [0.15, 0.2) is 24.3 Å². The van der Waals surface area contributed by atoms with Gasteiger partial charge in [0.25, 0.3) is 0 Å². The molecule has 0 saturated carbocycles. The van der Waals surface area contributed by atoms with E-state index in [1.807, 2.05) is 13.8 Å². The van der Waals surface area contributed by atoms with Gasteiger partial charge in [-0.2, -0.15) is 0 Å². The molecule has 5 nitrogen and oxygen atoms in total. The molecule has 0 bridgehead atoms. The molecule has 116 valence electrons. The lowest BCUT2D eigenvalue weighted by atomic mass is 9.99. The van der Waals surface area contributed by atoms with Crippen LogP contribution in [-0.2, 0) is 6.42 Å². The third-order valence-corrected chi connectivity index (χ3v) is 3.25. The minimum atomic E-state index is -0.945. The smallest absolute Gasteiger partial charge is 0.335 e. The number of urea groups is 1. The maximum absolute atomic E-state index is 11.8. The van der Waals surface area contributed by atoms with Crippen LogP contribution in [0.5, 0.6) is 0 Å². The highest BCUT2D eigenvalue weighted by Gasteiger charge is 2.18. The molecule has 0 aliphatic rings. The van der Waals surface area contributed by atoms with Crippen molar-refractivity contribution in [2.75, 3.05) is 6.54 Å². The van der Waals surface area contributed by atoms with Crippen LogP contribution in [0.1, 0.15) is 49.5 Å². The summed E-state index contributed by atoms with van der Waals surface area (Å²) in [6.45, 7) is 6.44. The molecule has 0 heterocycles. The number of benzene rings is 1. The Morgan fingerprint density at radius 3 is 2.52 bits per heavy atom. The van der Waals surface area contributed by atoms with Crippen molar-refractivity contribution in [2.24, 2.45) is 0 Å². The van der Waals surface area contributed by atoms with Crippen molar-refractivity contribution in [3.05, 3.63) is 35.4 Å². The van der Waals surface area contributed by atoms with Crippen LogP contribution in [-0.4, -0.2) is 29.2 Å². The Balaban J connectivity index is 2.47. The average molecular weight is 292 g/mol. The number of rotatable bonds is 7. The van der Waals surface area contributed by atoms with Gasteiger partial charge in [-0.25, -0.2) is 9.59 Å². The molecule has 0 aliphatic carbocycles. The van der Waals surface area contributed by atoms with Crippen LogP contribution >= 0.6 is 0 Å². The van der Waals surface area contributed by atoms with Crippen molar-refractivity contribution in [3.8, 4) is 0 Å². The molecule has 3 N–H and O–H groups in total. The molecule has 0 unspecified atom stereocenters. The highest BCUT2D eigenvalue weighted by Crippen LogP contribution is 2.11. The van der Waals surface area contributed by atoms with Crippen molar-refractivity contribution < 1.29 is 14.7 Å². The van der Waals surface area contributed by atoms with Gasteiger partial charge in [-0.3, -0.25) is 0 Å². The van der Waals surface area contributed by atoms with Crippen LogP contribution in [0.2, 0.25) is 0 Å². The molecule has 0 radical (unpaired) electrons. The van der Waals surface area contributed by atoms with Gasteiger partial charge in [-0.1, -0.05) is 31.5 Å². The van der Waals surface area contributed by atoms with E-state index in [1.54, 1.807) is 24.3 Å². The summed E-state index contributed by atoms with van der Waals surface area (Å²) >= 11 is 0. The average Bonchev–Trinajstić information content (AvgIpc) is 2.38. The molecule has 2 amide bonds. The molecule has 0 fully saturated rings. The summed E-state index contributed by atoms with van der Waals surface area (Å²) in [6.07, 6.45) is 2.39. The van der Waals surface area contributed by atoms with E-state index in [2.05, 4.69) is 17.6 Å². The lowest BCUT2D eigenvalue weighted by molar-refractivity contribution is 0.0695. The Morgan fingerprint density at radius 2 is 1.90 bits per heavy atom. The van der Waals surface area contributed by atoms with Gasteiger partial charge in [0.15, 0.2) is 0 Å². The summed E-state index contributed by atoms with van der Waals surface area (Å²) in [5.74, 6) is -0.945. The van der Waals surface area contributed by atoms with Gasteiger partial charge < -0.3 is 15.7 Å².